The summed E-state index contributed by atoms with van der Waals surface area (Å²) in [5.74, 6) is 0.136. The maximum Gasteiger partial charge on any atom is 0.238 e. The lowest BCUT2D eigenvalue weighted by Gasteiger charge is -2.34. The lowest BCUT2D eigenvalue weighted by Crippen LogP contribution is -2.41. The Kier molecular flexibility index (Phi) is 6.02. The number of carbonyl (C=O) groups excluding carboxylic acids is 2. The molecule has 1 atom stereocenters. The molecule has 0 bridgehead atoms. The lowest BCUT2D eigenvalue weighted by molar-refractivity contribution is -0.118. The first-order valence-corrected chi connectivity index (χ1v) is 10.2. The molecule has 5 nitrogen and oxygen atoms in total. The number of hydrogen-bond acceptors (Lipinski definition) is 4. The van der Waals surface area contributed by atoms with E-state index in [1.807, 2.05) is 12.1 Å². The van der Waals surface area contributed by atoms with E-state index >= 15 is 0 Å². The van der Waals surface area contributed by atoms with E-state index in [1.54, 1.807) is 12.1 Å². The van der Waals surface area contributed by atoms with Gasteiger partial charge in [-0.2, -0.15) is 0 Å². The number of amides is 1. The van der Waals surface area contributed by atoms with Crippen LogP contribution in [0.25, 0.3) is 0 Å². The maximum absolute atomic E-state index is 13.0. The van der Waals surface area contributed by atoms with Gasteiger partial charge in [-0.1, -0.05) is 24.3 Å². The number of nitrogens with one attached hydrogen (secondary N) is 1. The second-order valence-corrected chi connectivity index (χ2v) is 7.98. The highest BCUT2D eigenvalue weighted by Crippen LogP contribution is 2.33. The molecule has 4 rings (SSSR count). The zero-order valence-electron chi connectivity index (χ0n) is 16.4. The summed E-state index contributed by atoms with van der Waals surface area (Å²) in [5.41, 5.74) is 3.00. The summed E-state index contributed by atoms with van der Waals surface area (Å²) in [5, 5.41) is 2.82. The van der Waals surface area contributed by atoms with Crippen LogP contribution < -0.4 is 5.32 Å². The number of likely N-dealkylation sites (tertiary alicyclic amines) is 1. The van der Waals surface area contributed by atoms with Gasteiger partial charge in [0, 0.05) is 18.8 Å². The van der Waals surface area contributed by atoms with Crippen LogP contribution in [0.3, 0.4) is 0 Å². The zero-order valence-corrected chi connectivity index (χ0v) is 16.4. The van der Waals surface area contributed by atoms with Crippen LogP contribution in [-0.2, 0) is 16.1 Å². The van der Waals surface area contributed by atoms with Gasteiger partial charge < -0.3 is 10.1 Å². The Balaban J connectivity index is 1.24. The molecule has 0 aromatic heterocycles. The molecule has 2 aliphatic heterocycles. The number of hydrogen-bond donors (Lipinski definition) is 1. The summed E-state index contributed by atoms with van der Waals surface area (Å²) in [7, 11) is 0. The van der Waals surface area contributed by atoms with Crippen molar-refractivity contribution in [1.82, 2.24) is 9.80 Å². The average Bonchev–Trinajstić information content (AvgIpc) is 3.08. The molecule has 2 aromatic rings. The molecule has 2 heterocycles. The first-order chi connectivity index (χ1) is 14.1. The molecule has 0 saturated carbocycles. The lowest BCUT2D eigenvalue weighted by atomic mass is 9.95. The molecule has 1 N–H and O–H groups in total. The highest BCUT2D eigenvalue weighted by molar-refractivity contribution is 5.92. The van der Waals surface area contributed by atoms with E-state index in [1.165, 1.54) is 17.7 Å². The number of anilines is 1. The van der Waals surface area contributed by atoms with Gasteiger partial charge in [-0.05, 0) is 67.2 Å². The fourth-order valence-corrected chi connectivity index (χ4v) is 4.41. The first kappa shape index (κ1) is 19.7. The third kappa shape index (κ3) is 4.71. The molecule has 1 fully saturated rings. The van der Waals surface area contributed by atoms with Gasteiger partial charge in [0.25, 0.3) is 0 Å². The fourth-order valence-electron chi connectivity index (χ4n) is 4.41. The SMILES string of the molecule is O=CC1c2ccccc2CN1CC1CCN(CC(=O)Nc2ccc(F)cc2)CC1. The number of rotatable bonds is 6. The van der Waals surface area contributed by atoms with Gasteiger partial charge in [-0.15, -0.1) is 0 Å². The van der Waals surface area contributed by atoms with E-state index in [0.29, 0.717) is 18.2 Å². The number of piperidine rings is 1. The summed E-state index contributed by atoms with van der Waals surface area (Å²) in [6.45, 7) is 3.83. The zero-order chi connectivity index (χ0) is 20.2. The molecule has 1 amide bonds. The van der Waals surface area contributed by atoms with Gasteiger partial charge in [-0.3, -0.25) is 14.6 Å². The van der Waals surface area contributed by atoms with Crippen LogP contribution >= 0.6 is 0 Å². The minimum absolute atomic E-state index is 0.0777. The molecule has 2 aliphatic rings. The smallest absolute Gasteiger partial charge is 0.238 e. The van der Waals surface area contributed by atoms with E-state index in [-0.39, 0.29) is 17.8 Å². The van der Waals surface area contributed by atoms with Crippen LogP contribution in [0.2, 0.25) is 0 Å². The second kappa shape index (κ2) is 8.84. The van der Waals surface area contributed by atoms with Crippen molar-refractivity contribution >= 4 is 17.9 Å². The number of aldehydes is 1. The predicted octanol–water partition coefficient (Wildman–Crippen LogP) is 3.23. The Morgan fingerprint density at radius 1 is 1.10 bits per heavy atom. The van der Waals surface area contributed by atoms with E-state index < -0.39 is 0 Å². The van der Waals surface area contributed by atoms with Crippen molar-refractivity contribution in [3.8, 4) is 0 Å². The van der Waals surface area contributed by atoms with Crippen LogP contribution in [0.4, 0.5) is 10.1 Å². The van der Waals surface area contributed by atoms with E-state index in [2.05, 4.69) is 27.2 Å². The maximum atomic E-state index is 13.0. The number of nitrogens with zero attached hydrogens (tertiary/aromatic N) is 2. The number of benzene rings is 2. The fraction of sp³-hybridized carbons (Fsp3) is 0.391. The molecular formula is C23H26FN3O2. The van der Waals surface area contributed by atoms with Crippen molar-refractivity contribution in [3.63, 3.8) is 0 Å². The Morgan fingerprint density at radius 2 is 1.83 bits per heavy atom. The van der Waals surface area contributed by atoms with E-state index in [0.717, 1.165) is 50.9 Å². The van der Waals surface area contributed by atoms with Gasteiger partial charge in [0.05, 0.1) is 12.6 Å². The molecule has 0 spiro atoms. The minimum Gasteiger partial charge on any atom is -0.325 e. The molecule has 0 aliphatic carbocycles. The van der Waals surface area contributed by atoms with Crippen LogP contribution in [0.5, 0.6) is 0 Å². The standard InChI is InChI=1S/C23H26FN3O2/c24-19-5-7-20(8-6-19)25-23(29)15-26-11-9-17(10-12-26)13-27-14-18-3-1-2-4-21(18)22(27)16-28/h1-8,16-17,22H,9-15H2,(H,25,29). The predicted molar refractivity (Wildman–Crippen MR) is 110 cm³/mol. The number of fused-ring (bicyclic) bond motifs is 1. The van der Waals surface area contributed by atoms with Crippen LogP contribution in [0.15, 0.2) is 48.5 Å². The summed E-state index contributed by atoms with van der Waals surface area (Å²) in [6, 6.07) is 13.9. The minimum atomic E-state index is -0.317. The van der Waals surface area contributed by atoms with Crippen molar-refractivity contribution in [2.75, 3.05) is 31.5 Å². The average molecular weight is 395 g/mol. The van der Waals surface area contributed by atoms with Gasteiger partial charge in [-0.25, -0.2) is 4.39 Å². The molecule has 1 unspecified atom stereocenters. The van der Waals surface area contributed by atoms with Crippen LogP contribution in [0, 0.1) is 11.7 Å². The summed E-state index contributed by atoms with van der Waals surface area (Å²) in [6.07, 6.45) is 3.09. The summed E-state index contributed by atoms with van der Waals surface area (Å²) in [4.78, 5) is 28.3. The molecule has 6 heteroatoms. The molecule has 2 aromatic carbocycles. The largest absolute Gasteiger partial charge is 0.325 e. The van der Waals surface area contributed by atoms with Crippen molar-refractivity contribution in [2.45, 2.75) is 25.4 Å². The molecule has 0 radical (unpaired) electrons. The number of halogens is 1. The van der Waals surface area contributed by atoms with Gasteiger partial charge in [0.2, 0.25) is 5.91 Å². The summed E-state index contributed by atoms with van der Waals surface area (Å²) < 4.78 is 13.0. The number of carbonyl (C=O) groups is 2. The quantitative estimate of drug-likeness (QED) is 0.763. The summed E-state index contributed by atoms with van der Waals surface area (Å²) >= 11 is 0. The molecular weight excluding hydrogens is 369 g/mol. The monoisotopic (exact) mass is 395 g/mol. The van der Waals surface area contributed by atoms with Crippen molar-refractivity contribution < 1.29 is 14.0 Å². The second-order valence-electron chi connectivity index (χ2n) is 7.98. The van der Waals surface area contributed by atoms with Crippen LogP contribution in [-0.4, -0.2) is 48.2 Å². The Labute approximate surface area is 170 Å². The van der Waals surface area contributed by atoms with E-state index in [9.17, 15) is 14.0 Å². The Morgan fingerprint density at radius 3 is 2.55 bits per heavy atom. The van der Waals surface area contributed by atoms with Crippen molar-refractivity contribution in [2.24, 2.45) is 5.92 Å². The highest BCUT2D eigenvalue weighted by atomic mass is 19.1. The molecule has 1 saturated heterocycles. The highest BCUT2D eigenvalue weighted by Gasteiger charge is 2.32. The van der Waals surface area contributed by atoms with Crippen molar-refractivity contribution in [3.05, 3.63) is 65.5 Å². The Hall–Kier alpha value is -2.57. The third-order valence-corrected chi connectivity index (χ3v) is 5.96. The third-order valence-electron chi connectivity index (χ3n) is 5.96. The van der Waals surface area contributed by atoms with Crippen LogP contribution in [0.1, 0.15) is 30.0 Å². The normalized spacial score (nSPS) is 20.4. The molecule has 152 valence electrons. The van der Waals surface area contributed by atoms with Gasteiger partial charge >= 0.3 is 0 Å². The van der Waals surface area contributed by atoms with Gasteiger partial charge in [0.15, 0.2) is 0 Å². The first-order valence-electron chi connectivity index (χ1n) is 10.2. The molecule has 29 heavy (non-hydrogen) atoms. The van der Waals surface area contributed by atoms with Crippen molar-refractivity contribution in [1.29, 1.82) is 0 Å². The van der Waals surface area contributed by atoms with E-state index in [4.69, 9.17) is 0 Å². The Bertz CT molecular complexity index is 863. The topological polar surface area (TPSA) is 52.7 Å². The van der Waals surface area contributed by atoms with Gasteiger partial charge in [0.1, 0.15) is 12.1 Å².